The molecule has 1 aliphatic carbocycles. The maximum atomic E-state index is 12.5. The number of Topliss-reactive ketones (excluding diaryl/α,β-unsaturated/α-hetero) is 1. The third kappa shape index (κ3) is 2.05. The lowest BCUT2D eigenvalue weighted by Crippen LogP contribution is -2.17. The molecule has 5 nitrogen and oxygen atoms in total. The van der Waals surface area contributed by atoms with Crippen LogP contribution in [0.3, 0.4) is 0 Å². The van der Waals surface area contributed by atoms with Gasteiger partial charge in [-0.25, -0.2) is 0 Å². The zero-order valence-electron chi connectivity index (χ0n) is 11.5. The van der Waals surface area contributed by atoms with E-state index in [0.29, 0.717) is 24.5 Å². The molecule has 0 bridgehead atoms. The Morgan fingerprint density at radius 1 is 1.30 bits per heavy atom. The minimum atomic E-state index is -0.0679. The van der Waals surface area contributed by atoms with Crippen molar-refractivity contribution in [3.63, 3.8) is 0 Å². The number of fused-ring (bicyclic) bond motifs is 1. The number of rotatable bonds is 4. The number of carbonyl (C=O) groups excluding carboxylic acids is 1. The van der Waals surface area contributed by atoms with Crippen molar-refractivity contribution >= 4 is 5.78 Å². The van der Waals surface area contributed by atoms with Crippen molar-refractivity contribution in [2.75, 3.05) is 14.2 Å². The molecule has 2 aromatic rings. The van der Waals surface area contributed by atoms with Crippen molar-refractivity contribution in [2.24, 2.45) is 5.92 Å². The van der Waals surface area contributed by atoms with Gasteiger partial charge in [-0.3, -0.25) is 9.48 Å². The number of hydrogen-bond acceptors (Lipinski definition) is 4. The highest BCUT2D eigenvalue weighted by Crippen LogP contribution is 2.37. The molecule has 0 fully saturated rings. The van der Waals surface area contributed by atoms with E-state index in [9.17, 15) is 4.79 Å². The predicted molar refractivity (Wildman–Crippen MR) is 73.3 cm³/mol. The van der Waals surface area contributed by atoms with Gasteiger partial charge in [0.2, 0.25) is 0 Å². The van der Waals surface area contributed by atoms with Crippen molar-refractivity contribution in [1.29, 1.82) is 0 Å². The van der Waals surface area contributed by atoms with Gasteiger partial charge in [-0.05, 0) is 30.2 Å². The van der Waals surface area contributed by atoms with Gasteiger partial charge in [0.25, 0.3) is 0 Å². The van der Waals surface area contributed by atoms with Crippen molar-refractivity contribution in [2.45, 2.75) is 13.0 Å². The van der Waals surface area contributed by atoms with Gasteiger partial charge in [0, 0.05) is 23.9 Å². The van der Waals surface area contributed by atoms with E-state index in [-0.39, 0.29) is 11.7 Å². The molecule has 104 valence electrons. The number of hydrogen-bond donors (Lipinski definition) is 0. The second-order valence-electron chi connectivity index (χ2n) is 4.86. The summed E-state index contributed by atoms with van der Waals surface area (Å²) < 4.78 is 12.3. The smallest absolute Gasteiger partial charge is 0.168 e. The van der Waals surface area contributed by atoms with Crippen LogP contribution < -0.4 is 9.47 Å². The first-order valence-electron chi connectivity index (χ1n) is 6.49. The van der Waals surface area contributed by atoms with E-state index in [4.69, 9.17) is 9.47 Å². The molecule has 3 rings (SSSR count). The Kier molecular flexibility index (Phi) is 3.18. The predicted octanol–water partition coefficient (Wildman–Crippen LogP) is 1.96. The summed E-state index contributed by atoms with van der Waals surface area (Å²) in [6.45, 7) is 0.602. The van der Waals surface area contributed by atoms with Crippen LogP contribution in [0.15, 0.2) is 30.6 Å². The highest BCUT2D eigenvalue weighted by molar-refractivity contribution is 6.02. The second kappa shape index (κ2) is 5.00. The summed E-state index contributed by atoms with van der Waals surface area (Å²) in [6, 6.07) is 5.54. The molecule has 0 N–H and O–H groups in total. The Morgan fingerprint density at radius 2 is 2.05 bits per heavy atom. The van der Waals surface area contributed by atoms with Gasteiger partial charge in [0.1, 0.15) is 0 Å². The molecule has 0 amide bonds. The largest absolute Gasteiger partial charge is 0.493 e. The van der Waals surface area contributed by atoms with E-state index >= 15 is 0 Å². The molecule has 1 atom stereocenters. The number of carbonyl (C=O) groups is 1. The minimum absolute atomic E-state index is 0.0679. The van der Waals surface area contributed by atoms with Gasteiger partial charge in [-0.1, -0.05) is 0 Å². The van der Waals surface area contributed by atoms with Gasteiger partial charge < -0.3 is 9.47 Å². The SMILES string of the molecule is COc1cc2c(cc1OC)C(=O)C(Cn1cccn1)C2. The lowest BCUT2D eigenvalue weighted by molar-refractivity contribution is 0.0922. The van der Waals surface area contributed by atoms with Gasteiger partial charge in [-0.2, -0.15) is 5.10 Å². The summed E-state index contributed by atoms with van der Waals surface area (Å²) in [5, 5.41) is 4.16. The molecule has 5 heteroatoms. The average Bonchev–Trinajstić information content (AvgIpc) is 3.07. The number of benzene rings is 1. The standard InChI is InChI=1S/C15H16N2O3/c1-19-13-7-10-6-11(9-17-5-3-4-16-17)15(18)12(10)8-14(13)20-2/h3-5,7-8,11H,6,9H2,1-2H3. The van der Waals surface area contributed by atoms with Crippen molar-refractivity contribution in [1.82, 2.24) is 9.78 Å². The molecule has 0 spiro atoms. The summed E-state index contributed by atoms with van der Waals surface area (Å²) >= 11 is 0. The molecule has 1 aromatic carbocycles. The topological polar surface area (TPSA) is 53.4 Å². The Morgan fingerprint density at radius 3 is 2.70 bits per heavy atom. The van der Waals surface area contributed by atoms with Crippen LogP contribution in [0.5, 0.6) is 11.5 Å². The Hall–Kier alpha value is -2.30. The van der Waals surface area contributed by atoms with Crippen LogP contribution in [-0.2, 0) is 13.0 Å². The van der Waals surface area contributed by atoms with Gasteiger partial charge in [-0.15, -0.1) is 0 Å². The Balaban J connectivity index is 1.90. The number of ketones is 1. The summed E-state index contributed by atoms with van der Waals surface area (Å²) in [6.07, 6.45) is 4.31. The van der Waals surface area contributed by atoms with E-state index in [1.807, 2.05) is 18.3 Å². The van der Waals surface area contributed by atoms with Crippen LogP contribution in [0, 0.1) is 5.92 Å². The van der Waals surface area contributed by atoms with Crippen LogP contribution in [0.4, 0.5) is 0 Å². The lowest BCUT2D eigenvalue weighted by atomic mass is 10.1. The number of aromatic nitrogens is 2. The fourth-order valence-electron chi connectivity index (χ4n) is 2.68. The normalized spacial score (nSPS) is 17.1. The van der Waals surface area contributed by atoms with Crippen LogP contribution in [0.1, 0.15) is 15.9 Å². The third-order valence-electron chi connectivity index (χ3n) is 3.68. The molecule has 0 saturated heterocycles. The monoisotopic (exact) mass is 272 g/mol. The van der Waals surface area contributed by atoms with Crippen molar-refractivity contribution < 1.29 is 14.3 Å². The quantitative estimate of drug-likeness (QED) is 0.853. The van der Waals surface area contributed by atoms with Crippen LogP contribution in [-0.4, -0.2) is 29.8 Å². The van der Waals surface area contributed by atoms with Crippen LogP contribution in [0.25, 0.3) is 0 Å². The first-order valence-corrected chi connectivity index (χ1v) is 6.49. The third-order valence-corrected chi connectivity index (χ3v) is 3.68. The minimum Gasteiger partial charge on any atom is -0.493 e. The average molecular weight is 272 g/mol. The molecule has 0 radical (unpaired) electrons. The van der Waals surface area contributed by atoms with E-state index in [0.717, 1.165) is 11.1 Å². The summed E-state index contributed by atoms with van der Waals surface area (Å²) in [5.41, 5.74) is 1.75. The van der Waals surface area contributed by atoms with Crippen LogP contribution in [0.2, 0.25) is 0 Å². The fourth-order valence-corrected chi connectivity index (χ4v) is 2.68. The van der Waals surface area contributed by atoms with E-state index in [1.54, 1.807) is 31.2 Å². The molecule has 1 aliphatic rings. The van der Waals surface area contributed by atoms with Crippen molar-refractivity contribution in [3.8, 4) is 11.5 Å². The Labute approximate surface area is 117 Å². The maximum Gasteiger partial charge on any atom is 0.168 e. The summed E-state index contributed by atoms with van der Waals surface area (Å²) in [5.74, 6) is 1.34. The first-order chi connectivity index (χ1) is 9.72. The molecule has 1 heterocycles. The Bertz CT molecular complexity index is 635. The highest BCUT2D eigenvalue weighted by Gasteiger charge is 2.32. The van der Waals surface area contributed by atoms with E-state index in [2.05, 4.69) is 5.10 Å². The maximum absolute atomic E-state index is 12.5. The molecular weight excluding hydrogens is 256 g/mol. The molecule has 20 heavy (non-hydrogen) atoms. The molecule has 1 aromatic heterocycles. The zero-order chi connectivity index (χ0) is 14.1. The zero-order valence-corrected chi connectivity index (χ0v) is 11.5. The van der Waals surface area contributed by atoms with E-state index in [1.165, 1.54) is 0 Å². The molecule has 1 unspecified atom stereocenters. The second-order valence-corrected chi connectivity index (χ2v) is 4.86. The highest BCUT2D eigenvalue weighted by atomic mass is 16.5. The molecule has 0 saturated carbocycles. The van der Waals surface area contributed by atoms with Gasteiger partial charge in [0.15, 0.2) is 17.3 Å². The van der Waals surface area contributed by atoms with Gasteiger partial charge >= 0.3 is 0 Å². The molecule has 0 aliphatic heterocycles. The fraction of sp³-hybridized carbons (Fsp3) is 0.333. The summed E-state index contributed by atoms with van der Waals surface area (Å²) in [4.78, 5) is 12.5. The lowest BCUT2D eigenvalue weighted by Gasteiger charge is -2.09. The van der Waals surface area contributed by atoms with E-state index < -0.39 is 0 Å². The number of ether oxygens (including phenoxy) is 2. The number of methoxy groups -OCH3 is 2. The van der Waals surface area contributed by atoms with Crippen molar-refractivity contribution in [3.05, 3.63) is 41.7 Å². The molecular formula is C15H16N2O3. The van der Waals surface area contributed by atoms with Gasteiger partial charge in [0.05, 0.1) is 20.8 Å². The first kappa shape index (κ1) is 12.7. The van der Waals surface area contributed by atoms with Crippen LogP contribution >= 0.6 is 0 Å². The summed E-state index contributed by atoms with van der Waals surface area (Å²) in [7, 11) is 3.17. The number of nitrogens with zero attached hydrogens (tertiary/aromatic N) is 2.